The highest BCUT2D eigenvalue weighted by Crippen LogP contribution is 2.33. The topological polar surface area (TPSA) is 120 Å². The summed E-state index contributed by atoms with van der Waals surface area (Å²) in [4.78, 5) is 35.6. The van der Waals surface area contributed by atoms with Crippen LogP contribution in [0.1, 0.15) is 38.1 Å². The number of piperidine rings is 1. The number of aromatic amines is 2. The van der Waals surface area contributed by atoms with Crippen molar-refractivity contribution in [3.05, 3.63) is 59.0 Å². The smallest absolute Gasteiger partial charge is 0.261 e. The fourth-order valence-corrected chi connectivity index (χ4v) is 4.83. The second-order valence-electron chi connectivity index (χ2n) is 9.08. The third-order valence-electron chi connectivity index (χ3n) is 6.55. The van der Waals surface area contributed by atoms with E-state index < -0.39 is 0 Å². The van der Waals surface area contributed by atoms with Crippen molar-refractivity contribution in [1.29, 1.82) is 0 Å². The Morgan fingerprint density at radius 1 is 1.06 bits per heavy atom. The summed E-state index contributed by atoms with van der Waals surface area (Å²) >= 11 is 0. The number of anilines is 2. The second-order valence-corrected chi connectivity index (χ2v) is 9.08. The summed E-state index contributed by atoms with van der Waals surface area (Å²) in [5.41, 5.74) is 4.95. The van der Waals surface area contributed by atoms with Gasteiger partial charge in [-0.3, -0.25) is 9.48 Å². The molecule has 1 unspecified atom stereocenters. The highest BCUT2D eigenvalue weighted by Gasteiger charge is 2.23. The first kappa shape index (κ1) is 21.3. The fraction of sp³-hybridized carbons (Fsp3) is 0.320. The number of aromatic nitrogens is 7. The van der Waals surface area contributed by atoms with Crippen molar-refractivity contribution in [2.45, 2.75) is 32.2 Å². The van der Waals surface area contributed by atoms with Gasteiger partial charge in [0.15, 0.2) is 0 Å². The standard InChI is InChI=1S/C25H27N9O/c1-15(23-26-9-6-10-27-23)28-22-20(25(35)31-19-14-33(2)32-21(19)22)24-29-17-8-7-16(13-18(17)30-24)34-11-4-3-5-12-34/h6-10,13-15,28H,3-5,11-12H2,1-2H3,(H,29,30)(H,31,35). The molecule has 0 aliphatic carbocycles. The zero-order chi connectivity index (χ0) is 23.9. The molecule has 5 heterocycles. The Morgan fingerprint density at radius 2 is 1.86 bits per heavy atom. The minimum atomic E-state index is -0.253. The van der Waals surface area contributed by atoms with Crippen LogP contribution in [0.2, 0.25) is 0 Å². The number of aryl methyl sites for hydroxylation is 1. The van der Waals surface area contributed by atoms with Crippen LogP contribution in [0.25, 0.3) is 33.5 Å². The van der Waals surface area contributed by atoms with E-state index in [2.05, 4.69) is 47.4 Å². The molecule has 10 nitrogen and oxygen atoms in total. The molecular formula is C25H27N9O. The molecule has 1 fully saturated rings. The van der Waals surface area contributed by atoms with Crippen LogP contribution in [0.15, 0.2) is 47.7 Å². The van der Waals surface area contributed by atoms with Crippen LogP contribution < -0.4 is 15.8 Å². The number of nitrogens with one attached hydrogen (secondary N) is 3. The number of pyridine rings is 1. The zero-order valence-electron chi connectivity index (χ0n) is 19.7. The van der Waals surface area contributed by atoms with E-state index in [1.807, 2.05) is 20.0 Å². The molecule has 0 saturated carbocycles. The third kappa shape index (κ3) is 3.90. The van der Waals surface area contributed by atoms with E-state index in [0.717, 1.165) is 24.1 Å². The van der Waals surface area contributed by atoms with Gasteiger partial charge in [0.25, 0.3) is 5.56 Å². The van der Waals surface area contributed by atoms with E-state index >= 15 is 0 Å². The second kappa shape index (κ2) is 8.53. The average Bonchev–Trinajstić information content (AvgIpc) is 3.47. The van der Waals surface area contributed by atoms with Crippen LogP contribution >= 0.6 is 0 Å². The average molecular weight is 470 g/mol. The number of rotatable bonds is 5. The van der Waals surface area contributed by atoms with Gasteiger partial charge in [0, 0.05) is 44.4 Å². The van der Waals surface area contributed by atoms with Gasteiger partial charge in [0.1, 0.15) is 22.7 Å². The molecule has 1 atom stereocenters. The molecule has 6 rings (SSSR count). The first-order valence-corrected chi connectivity index (χ1v) is 11.9. The van der Waals surface area contributed by atoms with Crippen molar-refractivity contribution < 1.29 is 0 Å². The lowest BCUT2D eigenvalue weighted by atomic mass is 10.1. The predicted molar refractivity (Wildman–Crippen MR) is 137 cm³/mol. The van der Waals surface area contributed by atoms with Crippen LogP contribution in [0.4, 0.5) is 11.4 Å². The van der Waals surface area contributed by atoms with Gasteiger partial charge in [0.05, 0.1) is 28.3 Å². The number of imidazole rings is 1. The number of nitrogens with zero attached hydrogens (tertiary/aromatic N) is 6. The maximum atomic E-state index is 13.3. The molecule has 3 N–H and O–H groups in total. The monoisotopic (exact) mass is 469 g/mol. The summed E-state index contributed by atoms with van der Waals surface area (Å²) in [6.45, 7) is 4.09. The summed E-state index contributed by atoms with van der Waals surface area (Å²) in [7, 11) is 1.83. The molecule has 1 aliphatic heterocycles. The van der Waals surface area contributed by atoms with E-state index in [1.54, 1.807) is 29.3 Å². The van der Waals surface area contributed by atoms with Crippen LogP contribution in [-0.4, -0.2) is 47.8 Å². The van der Waals surface area contributed by atoms with Gasteiger partial charge in [-0.05, 0) is 50.5 Å². The van der Waals surface area contributed by atoms with Gasteiger partial charge in [-0.15, -0.1) is 0 Å². The van der Waals surface area contributed by atoms with Crippen LogP contribution in [0.3, 0.4) is 0 Å². The molecule has 10 heteroatoms. The number of hydrogen-bond donors (Lipinski definition) is 3. The molecule has 35 heavy (non-hydrogen) atoms. The van der Waals surface area contributed by atoms with E-state index in [9.17, 15) is 4.79 Å². The number of hydrogen-bond acceptors (Lipinski definition) is 7. The molecule has 1 saturated heterocycles. The van der Waals surface area contributed by atoms with Crippen molar-refractivity contribution in [3.63, 3.8) is 0 Å². The van der Waals surface area contributed by atoms with Gasteiger partial charge >= 0.3 is 0 Å². The van der Waals surface area contributed by atoms with E-state index in [-0.39, 0.29) is 11.6 Å². The lowest BCUT2D eigenvalue weighted by molar-refractivity contribution is 0.578. The Morgan fingerprint density at radius 3 is 2.66 bits per heavy atom. The summed E-state index contributed by atoms with van der Waals surface area (Å²) in [5.74, 6) is 1.12. The van der Waals surface area contributed by atoms with Crippen LogP contribution in [-0.2, 0) is 7.05 Å². The Kier molecular flexibility index (Phi) is 5.20. The van der Waals surface area contributed by atoms with Crippen molar-refractivity contribution in [2.24, 2.45) is 7.05 Å². The van der Waals surface area contributed by atoms with E-state index in [4.69, 9.17) is 4.98 Å². The lowest BCUT2D eigenvalue weighted by Gasteiger charge is -2.28. The molecular weight excluding hydrogens is 442 g/mol. The highest BCUT2D eigenvalue weighted by molar-refractivity contribution is 5.96. The molecule has 0 spiro atoms. The van der Waals surface area contributed by atoms with Crippen molar-refractivity contribution in [2.75, 3.05) is 23.3 Å². The van der Waals surface area contributed by atoms with E-state index in [0.29, 0.717) is 33.9 Å². The zero-order valence-corrected chi connectivity index (χ0v) is 19.7. The van der Waals surface area contributed by atoms with Crippen LogP contribution in [0.5, 0.6) is 0 Å². The fourth-order valence-electron chi connectivity index (χ4n) is 4.83. The molecule has 0 amide bonds. The summed E-state index contributed by atoms with van der Waals surface area (Å²) in [6.07, 6.45) is 8.91. The first-order chi connectivity index (χ1) is 17.1. The first-order valence-electron chi connectivity index (χ1n) is 11.9. The van der Waals surface area contributed by atoms with Crippen molar-refractivity contribution >= 4 is 33.4 Å². The normalized spacial score (nSPS) is 15.1. The molecule has 1 aliphatic rings. The van der Waals surface area contributed by atoms with Gasteiger partial charge in [-0.1, -0.05) is 0 Å². The number of H-pyrrole nitrogens is 2. The molecule has 0 bridgehead atoms. The van der Waals surface area contributed by atoms with Crippen molar-refractivity contribution in [1.82, 2.24) is 34.7 Å². The summed E-state index contributed by atoms with van der Waals surface area (Å²) < 4.78 is 1.68. The molecule has 4 aromatic heterocycles. The van der Waals surface area contributed by atoms with Crippen molar-refractivity contribution in [3.8, 4) is 11.4 Å². The minimum absolute atomic E-state index is 0.246. The quantitative estimate of drug-likeness (QED) is 0.358. The molecule has 0 radical (unpaired) electrons. The molecule has 1 aromatic carbocycles. The van der Waals surface area contributed by atoms with Gasteiger partial charge in [0.2, 0.25) is 0 Å². The number of benzene rings is 1. The van der Waals surface area contributed by atoms with Crippen LogP contribution in [0, 0.1) is 0 Å². The summed E-state index contributed by atoms with van der Waals surface area (Å²) in [5, 5.41) is 8.05. The maximum Gasteiger partial charge on any atom is 0.261 e. The van der Waals surface area contributed by atoms with Gasteiger partial charge in [-0.25, -0.2) is 15.0 Å². The lowest BCUT2D eigenvalue weighted by Crippen LogP contribution is -2.29. The van der Waals surface area contributed by atoms with Gasteiger partial charge < -0.3 is 20.2 Å². The number of fused-ring (bicyclic) bond motifs is 2. The Balaban J connectivity index is 1.47. The minimum Gasteiger partial charge on any atom is -0.373 e. The Labute approximate surface area is 201 Å². The maximum absolute atomic E-state index is 13.3. The van der Waals surface area contributed by atoms with E-state index in [1.165, 1.54) is 24.9 Å². The largest absolute Gasteiger partial charge is 0.373 e. The highest BCUT2D eigenvalue weighted by atomic mass is 16.1. The third-order valence-corrected chi connectivity index (χ3v) is 6.55. The Hall–Kier alpha value is -4.21. The SMILES string of the molecule is CC(Nc1c(-c2nc3ccc(N4CCCCC4)cc3[nH]2)c(=O)[nH]c2cn(C)nc12)c1ncccn1. The van der Waals surface area contributed by atoms with Gasteiger partial charge in [-0.2, -0.15) is 5.10 Å². The predicted octanol–water partition coefficient (Wildman–Crippen LogP) is 3.76. The Bertz CT molecular complexity index is 1560. The molecule has 178 valence electrons. The molecule has 5 aromatic rings. The summed E-state index contributed by atoms with van der Waals surface area (Å²) in [6, 6.07) is 7.77.